The van der Waals surface area contributed by atoms with Crippen LogP contribution in [0.2, 0.25) is 0 Å². The van der Waals surface area contributed by atoms with Crippen molar-refractivity contribution in [3.05, 3.63) is 35.4 Å². The minimum Gasteiger partial charge on any atom is -0.399 e. The van der Waals surface area contributed by atoms with Crippen molar-refractivity contribution in [2.75, 3.05) is 5.73 Å². The Labute approximate surface area is 88.8 Å². The highest BCUT2D eigenvalue weighted by molar-refractivity contribution is 5.50. The van der Waals surface area contributed by atoms with Gasteiger partial charge in [-0.05, 0) is 44.5 Å². The molecular formula is C11H14N4. The molecule has 2 rings (SSSR count). The van der Waals surface area contributed by atoms with Gasteiger partial charge >= 0.3 is 0 Å². The molecule has 2 aromatic rings. The van der Waals surface area contributed by atoms with Gasteiger partial charge < -0.3 is 5.73 Å². The van der Waals surface area contributed by atoms with Crippen LogP contribution in [0.5, 0.6) is 0 Å². The number of hydrogen-bond donors (Lipinski definition) is 1. The van der Waals surface area contributed by atoms with E-state index in [4.69, 9.17) is 5.73 Å². The molecule has 0 spiro atoms. The van der Waals surface area contributed by atoms with Crippen molar-refractivity contribution in [3.63, 3.8) is 0 Å². The first-order valence-electron chi connectivity index (χ1n) is 4.84. The highest BCUT2D eigenvalue weighted by atomic mass is 15.3. The zero-order valence-corrected chi connectivity index (χ0v) is 9.15. The largest absolute Gasteiger partial charge is 0.399 e. The number of nitrogen functional groups attached to an aromatic ring is 1. The molecule has 2 N–H and O–H groups in total. The summed E-state index contributed by atoms with van der Waals surface area (Å²) in [5.74, 6) is 1.67. The summed E-state index contributed by atoms with van der Waals surface area (Å²) in [5.41, 5.74) is 8.60. The van der Waals surface area contributed by atoms with Gasteiger partial charge in [0.1, 0.15) is 11.6 Å². The lowest BCUT2D eigenvalue weighted by Gasteiger charge is -2.07. The van der Waals surface area contributed by atoms with Gasteiger partial charge in [-0.25, -0.2) is 9.67 Å². The smallest absolute Gasteiger partial charge is 0.148 e. The summed E-state index contributed by atoms with van der Waals surface area (Å²) in [7, 11) is 0. The lowest BCUT2D eigenvalue weighted by molar-refractivity contribution is 0.825. The fraction of sp³-hybridized carbons (Fsp3) is 0.273. The normalized spacial score (nSPS) is 10.6. The first-order valence-corrected chi connectivity index (χ1v) is 4.84. The number of benzene rings is 1. The predicted molar refractivity (Wildman–Crippen MR) is 60.0 cm³/mol. The number of rotatable bonds is 1. The first kappa shape index (κ1) is 9.71. The minimum absolute atomic E-state index is 0.769. The fourth-order valence-electron chi connectivity index (χ4n) is 1.67. The quantitative estimate of drug-likeness (QED) is 0.717. The van der Waals surface area contributed by atoms with Crippen molar-refractivity contribution < 1.29 is 0 Å². The van der Waals surface area contributed by atoms with Gasteiger partial charge in [0.05, 0.1) is 5.69 Å². The van der Waals surface area contributed by atoms with Crippen LogP contribution in [0.4, 0.5) is 5.69 Å². The van der Waals surface area contributed by atoms with E-state index in [1.807, 2.05) is 43.7 Å². The zero-order chi connectivity index (χ0) is 11.0. The molecule has 0 aliphatic carbocycles. The third-order valence-electron chi connectivity index (χ3n) is 2.32. The summed E-state index contributed by atoms with van der Waals surface area (Å²) in [4.78, 5) is 4.27. The van der Waals surface area contributed by atoms with Crippen LogP contribution in [0, 0.1) is 20.8 Å². The van der Waals surface area contributed by atoms with Gasteiger partial charge in [-0.3, -0.25) is 0 Å². The summed E-state index contributed by atoms with van der Waals surface area (Å²) in [5, 5.41) is 4.34. The molecule has 0 fully saturated rings. The van der Waals surface area contributed by atoms with Crippen LogP contribution < -0.4 is 5.73 Å². The van der Waals surface area contributed by atoms with E-state index in [0.717, 1.165) is 28.6 Å². The Morgan fingerprint density at radius 2 is 1.93 bits per heavy atom. The molecule has 0 aliphatic heterocycles. The molecule has 4 nitrogen and oxygen atoms in total. The Hall–Kier alpha value is -1.84. The monoisotopic (exact) mass is 202 g/mol. The Morgan fingerprint density at radius 1 is 1.20 bits per heavy atom. The Morgan fingerprint density at radius 3 is 2.47 bits per heavy atom. The van der Waals surface area contributed by atoms with Gasteiger partial charge in [-0.15, -0.1) is 0 Å². The maximum Gasteiger partial charge on any atom is 0.148 e. The molecule has 1 aromatic carbocycles. The predicted octanol–water partition coefficient (Wildman–Crippen LogP) is 1.77. The van der Waals surface area contributed by atoms with E-state index in [-0.39, 0.29) is 0 Å². The molecule has 0 atom stereocenters. The average molecular weight is 202 g/mol. The number of hydrogen-bond acceptors (Lipinski definition) is 3. The number of nitrogens with zero attached hydrogens (tertiary/aromatic N) is 3. The summed E-state index contributed by atoms with van der Waals surface area (Å²) in [6.07, 6.45) is 0. The van der Waals surface area contributed by atoms with Crippen molar-refractivity contribution >= 4 is 5.69 Å². The van der Waals surface area contributed by atoms with E-state index in [2.05, 4.69) is 10.1 Å². The molecule has 1 heterocycles. The van der Waals surface area contributed by atoms with E-state index in [9.17, 15) is 0 Å². The maximum absolute atomic E-state index is 5.70. The Bertz CT molecular complexity index is 499. The average Bonchev–Trinajstić information content (AvgIpc) is 2.45. The molecule has 15 heavy (non-hydrogen) atoms. The van der Waals surface area contributed by atoms with Gasteiger partial charge in [-0.2, -0.15) is 5.10 Å². The van der Waals surface area contributed by atoms with Crippen LogP contribution in [0.15, 0.2) is 18.2 Å². The van der Waals surface area contributed by atoms with Crippen LogP contribution in [-0.2, 0) is 0 Å². The van der Waals surface area contributed by atoms with Crippen LogP contribution in [-0.4, -0.2) is 14.8 Å². The minimum atomic E-state index is 0.769. The van der Waals surface area contributed by atoms with Crippen LogP contribution in [0.25, 0.3) is 5.69 Å². The summed E-state index contributed by atoms with van der Waals surface area (Å²) >= 11 is 0. The molecule has 0 unspecified atom stereocenters. The Kier molecular flexibility index (Phi) is 2.19. The molecule has 0 saturated heterocycles. The first-order chi connectivity index (χ1) is 7.08. The number of anilines is 1. The number of aromatic nitrogens is 3. The summed E-state index contributed by atoms with van der Waals surface area (Å²) in [6.45, 7) is 5.84. The molecule has 0 radical (unpaired) electrons. The SMILES string of the molecule is Cc1nc(C)n(-c2ccc(N)cc2C)n1. The molecule has 78 valence electrons. The van der Waals surface area contributed by atoms with Crippen molar-refractivity contribution in [2.24, 2.45) is 0 Å². The van der Waals surface area contributed by atoms with Crippen LogP contribution in [0.3, 0.4) is 0 Å². The lowest BCUT2D eigenvalue weighted by Crippen LogP contribution is -2.02. The van der Waals surface area contributed by atoms with E-state index in [1.54, 1.807) is 0 Å². The van der Waals surface area contributed by atoms with Crippen LogP contribution in [0.1, 0.15) is 17.2 Å². The second kappa shape index (κ2) is 3.38. The van der Waals surface area contributed by atoms with E-state index in [1.165, 1.54) is 0 Å². The van der Waals surface area contributed by atoms with Gasteiger partial charge in [0.15, 0.2) is 0 Å². The standard InChI is InChI=1S/C11H14N4/c1-7-6-10(12)4-5-11(7)15-9(3)13-8(2)14-15/h4-6H,12H2,1-3H3. The van der Waals surface area contributed by atoms with Crippen molar-refractivity contribution in [1.29, 1.82) is 0 Å². The van der Waals surface area contributed by atoms with Gasteiger partial charge in [0.25, 0.3) is 0 Å². The third-order valence-corrected chi connectivity index (χ3v) is 2.32. The highest BCUT2D eigenvalue weighted by Gasteiger charge is 2.07. The summed E-state index contributed by atoms with van der Waals surface area (Å²) in [6, 6.07) is 5.77. The Balaban J connectivity index is 2.59. The second-order valence-electron chi connectivity index (χ2n) is 3.66. The fourth-order valence-corrected chi connectivity index (χ4v) is 1.67. The van der Waals surface area contributed by atoms with E-state index >= 15 is 0 Å². The molecule has 4 heteroatoms. The van der Waals surface area contributed by atoms with Crippen molar-refractivity contribution in [1.82, 2.24) is 14.8 Å². The summed E-state index contributed by atoms with van der Waals surface area (Å²) < 4.78 is 1.84. The van der Waals surface area contributed by atoms with Crippen molar-refractivity contribution in [3.8, 4) is 5.69 Å². The van der Waals surface area contributed by atoms with Crippen LogP contribution >= 0.6 is 0 Å². The van der Waals surface area contributed by atoms with Crippen molar-refractivity contribution in [2.45, 2.75) is 20.8 Å². The highest BCUT2D eigenvalue weighted by Crippen LogP contribution is 2.17. The molecule has 0 bridgehead atoms. The molecule has 0 aliphatic rings. The van der Waals surface area contributed by atoms with Gasteiger partial charge in [-0.1, -0.05) is 0 Å². The molecule has 0 saturated carbocycles. The van der Waals surface area contributed by atoms with E-state index < -0.39 is 0 Å². The van der Waals surface area contributed by atoms with E-state index in [0.29, 0.717) is 0 Å². The molecular weight excluding hydrogens is 188 g/mol. The second-order valence-corrected chi connectivity index (χ2v) is 3.66. The number of nitrogens with two attached hydrogens (primary N) is 1. The molecule has 1 aromatic heterocycles. The topological polar surface area (TPSA) is 56.7 Å². The zero-order valence-electron chi connectivity index (χ0n) is 9.15. The number of aryl methyl sites for hydroxylation is 3. The lowest BCUT2D eigenvalue weighted by atomic mass is 10.2. The maximum atomic E-state index is 5.70. The molecule has 0 amide bonds. The van der Waals surface area contributed by atoms with Gasteiger partial charge in [0.2, 0.25) is 0 Å². The third kappa shape index (κ3) is 1.70. The van der Waals surface area contributed by atoms with Gasteiger partial charge in [0, 0.05) is 5.69 Å².